The largest absolute Gasteiger partial charge is 0.337 e. The predicted octanol–water partition coefficient (Wildman–Crippen LogP) is 2.86. The van der Waals surface area contributed by atoms with Gasteiger partial charge >= 0.3 is 0 Å². The highest BCUT2D eigenvalue weighted by Gasteiger charge is 2.22. The van der Waals surface area contributed by atoms with Crippen molar-refractivity contribution in [1.29, 1.82) is 0 Å². The van der Waals surface area contributed by atoms with E-state index in [9.17, 15) is 13.2 Å². The SMILES string of the molecule is CCc1noc(NC(C)=O)c1-c1ccc(C)c(S(=O)(=O)NC(C)C)c1. The number of sulfonamides is 1. The van der Waals surface area contributed by atoms with Crippen molar-refractivity contribution < 1.29 is 17.7 Å². The lowest BCUT2D eigenvalue weighted by molar-refractivity contribution is -0.114. The summed E-state index contributed by atoms with van der Waals surface area (Å²) >= 11 is 0. The molecule has 136 valence electrons. The Morgan fingerprint density at radius 1 is 1.32 bits per heavy atom. The molecule has 8 heteroatoms. The zero-order valence-electron chi connectivity index (χ0n) is 15.0. The van der Waals surface area contributed by atoms with Crippen LogP contribution >= 0.6 is 0 Å². The van der Waals surface area contributed by atoms with Crippen molar-refractivity contribution in [2.75, 3.05) is 5.32 Å². The Bertz CT molecular complexity index is 885. The Balaban J connectivity index is 2.61. The maximum Gasteiger partial charge on any atom is 0.241 e. The highest BCUT2D eigenvalue weighted by Crippen LogP contribution is 2.34. The van der Waals surface area contributed by atoms with Crippen molar-refractivity contribution >= 4 is 21.8 Å². The third kappa shape index (κ3) is 4.26. The Hall–Kier alpha value is -2.19. The minimum absolute atomic E-state index is 0.190. The van der Waals surface area contributed by atoms with Gasteiger partial charge < -0.3 is 4.52 Å². The molecular weight excluding hydrogens is 342 g/mol. The molecule has 0 atom stereocenters. The van der Waals surface area contributed by atoms with Crippen LogP contribution in [0.5, 0.6) is 0 Å². The molecule has 0 saturated carbocycles. The van der Waals surface area contributed by atoms with Gasteiger partial charge in [-0.2, -0.15) is 0 Å². The van der Waals surface area contributed by atoms with Gasteiger partial charge in [0.05, 0.1) is 16.2 Å². The predicted molar refractivity (Wildman–Crippen MR) is 95.8 cm³/mol. The number of hydrogen-bond donors (Lipinski definition) is 2. The number of hydrogen-bond acceptors (Lipinski definition) is 5. The number of carbonyl (C=O) groups excluding carboxylic acids is 1. The summed E-state index contributed by atoms with van der Waals surface area (Å²) in [6, 6.07) is 4.89. The summed E-state index contributed by atoms with van der Waals surface area (Å²) in [5.74, 6) is -0.0742. The molecule has 0 bridgehead atoms. The van der Waals surface area contributed by atoms with Crippen LogP contribution in [0.15, 0.2) is 27.6 Å². The molecule has 0 aliphatic rings. The summed E-state index contributed by atoms with van der Waals surface area (Å²) in [6.07, 6.45) is 0.582. The van der Waals surface area contributed by atoms with Crippen LogP contribution in [0.2, 0.25) is 0 Å². The van der Waals surface area contributed by atoms with Crippen LogP contribution in [0.25, 0.3) is 11.1 Å². The molecule has 1 aromatic heterocycles. The number of benzene rings is 1. The van der Waals surface area contributed by atoms with E-state index in [0.29, 0.717) is 28.8 Å². The molecule has 0 aliphatic heterocycles. The molecule has 0 fully saturated rings. The molecule has 0 aliphatic carbocycles. The number of aryl methyl sites for hydroxylation is 2. The molecule has 1 amide bonds. The summed E-state index contributed by atoms with van der Waals surface area (Å²) in [7, 11) is -3.65. The second kappa shape index (κ2) is 7.37. The van der Waals surface area contributed by atoms with Gasteiger partial charge in [0, 0.05) is 13.0 Å². The van der Waals surface area contributed by atoms with E-state index in [1.165, 1.54) is 6.92 Å². The summed E-state index contributed by atoms with van der Waals surface area (Å²) in [4.78, 5) is 11.6. The fourth-order valence-electron chi connectivity index (χ4n) is 2.53. The van der Waals surface area contributed by atoms with Gasteiger partial charge in [0.25, 0.3) is 0 Å². The Kier molecular flexibility index (Phi) is 5.64. The first-order valence-electron chi connectivity index (χ1n) is 8.05. The molecular formula is C17H23N3O4S. The summed E-state index contributed by atoms with van der Waals surface area (Å²) in [5.41, 5.74) is 2.50. The molecule has 2 N–H and O–H groups in total. The van der Waals surface area contributed by atoms with E-state index in [0.717, 1.165) is 0 Å². The number of nitrogens with zero attached hydrogens (tertiary/aromatic N) is 1. The first-order valence-corrected chi connectivity index (χ1v) is 9.53. The number of anilines is 1. The number of rotatable bonds is 6. The molecule has 25 heavy (non-hydrogen) atoms. The molecule has 1 heterocycles. The lowest BCUT2D eigenvalue weighted by Gasteiger charge is -2.13. The van der Waals surface area contributed by atoms with Crippen LogP contribution in [0, 0.1) is 6.92 Å². The minimum atomic E-state index is -3.65. The second-order valence-corrected chi connectivity index (χ2v) is 7.81. The average molecular weight is 365 g/mol. The van der Waals surface area contributed by atoms with E-state index in [2.05, 4.69) is 15.2 Å². The number of aromatic nitrogens is 1. The minimum Gasteiger partial charge on any atom is -0.337 e. The van der Waals surface area contributed by atoms with Crippen molar-refractivity contribution in [2.45, 2.75) is 52.0 Å². The molecule has 0 radical (unpaired) electrons. The highest BCUT2D eigenvalue weighted by atomic mass is 32.2. The van der Waals surface area contributed by atoms with Gasteiger partial charge in [-0.15, -0.1) is 0 Å². The van der Waals surface area contributed by atoms with E-state index in [4.69, 9.17) is 4.52 Å². The Morgan fingerprint density at radius 2 is 2.00 bits per heavy atom. The Labute approximate surface area is 147 Å². The van der Waals surface area contributed by atoms with Crippen LogP contribution in [-0.4, -0.2) is 25.5 Å². The first-order chi connectivity index (χ1) is 11.7. The first kappa shape index (κ1) is 19.1. The lowest BCUT2D eigenvalue weighted by atomic mass is 10.0. The van der Waals surface area contributed by atoms with Crippen LogP contribution in [0.3, 0.4) is 0 Å². The van der Waals surface area contributed by atoms with Crippen molar-refractivity contribution in [3.8, 4) is 11.1 Å². The zero-order chi connectivity index (χ0) is 18.8. The van der Waals surface area contributed by atoms with Crippen LogP contribution in [0.4, 0.5) is 5.88 Å². The monoisotopic (exact) mass is 365 g/mol. The third-order valence-electron chi connectivity index (χ3n) is 3.54. The quantitative estimate of drug-likeness (QED) is 0.820. The van der Waals surface area contributed by atoms with Gasteiger partial charge in [-0.3, -0.25) is 10.1 Å². The summed E-state index contributed by atoms with van der Waals surface area (Å²) in [6.45, 7) is 8.55. The molecule has 2 aromatic rings. The molecule has 0 saturated heterocycles. The third-order valence-corrected chi connectivity index (χ3v) is 5.34. The van der Waals surface area contributed by atoms with Crippen LogP contribution < -0.4 is 10.0 Å². The van der Waals surface area contributed by atoms with Crippen LogP contribution in [-0.2, 0) is 21.2 Å². The maximum atomic E-state index is 12.6. The number of nitrogens with one attached hydrogen (secondary N) is 2. The smallest absolute Gasteiger partial charge is 0.241 e. The topological polar surface area (TPSA) is 101 Å². The highest BCUT2D eigenvalue weighted by molar-refractivity contribution is 7.89. The average Bonchev–Trinajstić information content (AvgIpc) is 2.88. The van der Waals surface area contributed by atoms with Gasteiger partial charge in [0.2, 0.25) is 21.8 Å². The van der Waals surface area contributed by atoms with Gasteiger partial charge in [0.1, 0.15) is 0 Å². The molecule has 2 rings (SSSR count). The lowest BCUT2D eigenvalue weighted by Crippen LogP contribution is -2.30. The van der Waals surface area contributed by atoms with Crippen molar-refractivity contribution in [2.24, 2.45) is 0 Å². The van der Waals surface area contributed by atoms with Crippen LogP contribution in [0.1, 0.15) is 39.0 Å². The fourth-order valence-corrected chi connectivity index (χ4v) is 4.05. The standard InChI is InChI=1S/C17H23N3O4S/c1-6-14-16(17(24-19-14)18-12(5)21)13-8-7-11(4)15(9-13)25(22,23)20-10(2)3/h7-10,20H,6H2,1-5H3,(H,18,21). The van der Waals surface area contributed by atoms with E-state index < -0.39 is 10.0 Å². The van der Waals surface area contributed by atoms with Gasteiger partial charge in [-0.1, -0.05) is 24.2 Å². The van der Waals surface area contributed by atoms with Gasteiger partial charge in [-0.25, -0.2) is 13.1 Å². The normalized spacial score (nSPS) is 11.8. The fraction of sp³-hybridized carbons (Fsp3) is 0.412. The number of carbonyl (C=O) groups is 1. The maximum absolute atomic E-state index is 12.6. The molecule has 0 spiro atoms. The van der Waals surface area contributed by atoms with Crippen molar-refractivity contribution in [1.82, 2.24) is 9.88 Å². The van der Waals surface area contributed by atoms with E-state index in [1.807, 2.05) is 6.92 Å². The van der Waals surface area contributed by atoms with Gasteiger partial charge in [-0.05, 0) is 44.4 Å². The van der Waals surface area contributed by atoms with E-state index >= 15 is 0 Å². The second-order valence-electron chi connectivity index (χ2n) is 6.12. The van der Waals surface area contributed by atoms with E-state index in [1.54, 1.807) is 39.0 Å². The van der Waals surface area contributed by atoms with Gasteiger partial charge in [0.15, 0.2) is 0 Å². The van der Waals surface area contributed by atoms with Crippen molar-refractivity contribution in [3.05, 3.63) is 29.5 Å². The Morgan fingerprint density at radius 3 is 2.56 bits per heavy atom. The summed E-state index contributed by atoms with van der Waals surface area (Å²) in [5, 5.41) is 6.57. The zero-order valence-corrected chi connectivity index (χ0v) is 15.8. The molecule has 7 nitrogen and oxygen atoms in total. The molecule has 1 aromatic carbocycles. The molecule has 0 unspecified atom stereocenters. The number of amides is 1. The summed E-state index contributed by atoms with van der Waals surface area (Å²) < 4.78 is 33.0. The van der Waals surface area contributed by atoms with Crippen molar-refractivity contribution in [3.63, 3.8) is 0 Å². The van der Waals surface area contributed by atoms with E-state index in [-0.39, 0.29) is 22.7 Å².